The number of hydrogen-bond donors (Lipinski definition) is 1. The fourth-order valence-corrected chi connectivity index (χ4v) is 2.55. The Labute approximate surface area is 141 Å². The van der Waals surface area contributed by atoms with E-state index in [1.54, 1.807) is 0 Å². The smallest absolute Gasteiger partial charge is 0.126 e. The van der Waals surface area contributed by atoms with Crippen LogP contribution in [0.3, 0.4) is 0 Å². The largest absolute Gasteiger partial charge is 0.364 e. The summed E-state index contributed by atoms with van der Waals surface area (Å²) in [6.07, 6.45) is 5.57. The quantitative estimate of drug-likeness (QED) is 0.710. The monoisotopic (exact) mass is 323 g/mol. The first kappa shape index (κ1) is 15.5. The maximum Gasteiger partial charge on any atom is 0.126 e. The zero-order valence-electron chi connectivity index (χ0n) is 13.1. The topological polar surface area (TPSA) is 37.8 Å². The van der Waals surface area contributed by atoms with Crippen molar-refractivity contribution >= 4 is 17.4 Å². The number of aryl methyl sites for hydroxylation is 1. The Hall–Kier alpha value is -2.39. The van der Waals surface area contributed by atoms with Crippen LogP contribution in [0.15, 0.2) is 61.1 Å². The molecule has 0 aliphatic rings. The molecule has 0 bridgehead atoms. The lowest BCUT2D eigenvalue weighted by atomic mass is 10.1. The van der Waals surface area contributed by atoms with E-state index in [0.717, 1.165) is 27.5 Å². The van der Waals surface area contributed by atoms with Gasteiger partial charge in [0.15, 0.2) is 0 Å². The number of anilines is 1. The molecule has 0 aliphatic carbocycles. The predicted octanol–water partition coefficient (Wildman–Crippen LogP) is 5.28. The molecule has 116 valence electrons. The summed E-state index contributed by atoms with van der Waals surface area (Å²) in [6.45, 7) is 4.14. The van der Waals surface area contributed by atoms with E-state index in [4.69, 9.17) is 11.6 Å². The average molecular weight is 324 g/mol. The van der Waals surface area contributed by atoms with E-state index < -0.39 is 0 Å². The first-order valence-electron chi connectivity index (χ1n) is 7.52. The van der Waals surface area contributed by atoms with Crippen LogP contribution in [-0.2, 0) is 0 Å². The Morgan fingerprint density at radius 3 is 2.39 bits per heavy atom. The lowest BCUT2D eigenvalue weighted by molar-refractivity contribution is 0.875. The lowest BCUT2D eigenvalue weighted by Crippen LogP contribution is -2.07. The van der Waals surface area contributed by atoms with Gasteiger partial charge in [-0.15, -0.1) is 0 Å². The number of aromatic nitrogens is 2. The van der Waals surface area contributed by atoms with Crippen LogP contribution in [0.1, 0.15) is 24.1 Å². The molecule has 23 heavy (non-hydrogen) atoms. The Morgan fingerprint density at radius 2 is 1.74 bits per heavy atom. The standard InChI is InChI=1S/C19H18ClN3/c1-13-9-17(11-21-10-13)16-5-8-19(22-12-16)23-14(2)15-3-6-18(20)7-4-15/h3-12,14H,1-2H3,(H,22,23). The highest BCUT2D eigenvalue weighted by Gasteiger charge is 2.06. The summed E-state index contributed by atoms with van der Waals surface area (Å²) in [5, 5.41) is 4.14. The normalized spacial score (nSPS) is 12.0. The highest BCUT2D eigenvalue weighted by atomic mass is 35.5. The van der Waals surface area contributed by atoms with Gasteiger partial charge in [-0.25, -0.2) is 4.98 Å². The maximum atomic E-state index is 5.93. The van der Waals surface area contributed by atoms with Gasteiger partial charge in [0, 0.05) is 40.8 Å². The van der Waals surface area contributed by atoms with Crippen molar-refractivity contribution in [1.82, 2.24) is 9.97 Å². The van der Waals surface area contributed by atoms with E-state index >= 15 is 0 Å². The molecule has 3 nitrogen and oxygen atoms in total. The molecule has 1 aromatic carbocycles. The number of rotatable bonds is 4. The van der Waals surface area contributed by atoms with Crippen LogP contribution in [0, 0.1) is 6.92 Å². The molecular formula is C19H18ClN3. The van der Waals surface area contributed by atoms with Gasteiger partial charge in [0.25, 0.3) is 0 Å². The molecule has 0 saturated carbocycles. The van der Waals surface area contributed by atoms with Crippen molar-refractivity contribution in [3.05, 3.63) is 77.2 Å². The molecule has 2 heterocycles. The van der Waals surface area contributed by atoms with Gasteiger partial charge >= 0.3 is 0 Å². The van der Waals surface area contributed by atoms with E-state index in [2.05, 4.69) is 34.3 Å². The minimum absolute atomic E-state index is 0.159. The van der Waals surface area contributed by atoms with Gasteiger partial charge in [-0.3, -0.25) is 4.98 Å². The molecule has 0 saturated heterocycles. The highest BCUT2D eigenvalue weighted by molar-refractivity contribution is 6.30. The van der Waals surface area contributed by atoms with Crippen LogP contribution in [0.25, 0.3) is 11.1 Å². The molecule has 0 spiro atoms. The van der Waals surface area contributed by atoms with Gasteiger partial charge < -0.3 is 5.32 Å². The van der Waals surface area contributed by atoms with Crippen molar-refractivity contribution in [2.24, 2.45) is 0 Å². The van der Waals surface area contributed by atoms with E-state index in [0.29, 0.717) is 0 Å². The third-order valence-corrected chi connectivity index (χ3v) is 3.96. The first-order chi connectivity index (χ1) is 11.1. The number of halogens is 1. The van der Waals surface area contributed by atoms with Gasteiger partial charge in [0.1, 0.15) is 5.82 Å². The fraction of sp³-hybridized carbons (Fsp3) is 0.158. The van der Waals surface area contributed by atoms with Crippen LogP contribution in [-0.4, -0.2) is 9.97 Å². The first-order valence-corrected chi connectivity index (χ1v) is 7.90. The van der Waals surface area contributed by atoms with E-state index in [1.807, 2.05) is 55.8 Å². The second-order valence-corrected chi connectivity index (χ2v) is 6.04. The molecule has 0 radical (unpaired) electrons. The Morgan fingerprint density at radius 1 is 0.957 bits per heavy atom. The molecule has 1 N–H and O–H groups in total. The molecule has 3 rings (SSSR count). The minimum atomic E-state index is 0.159. The summed E-state index contributed by atoms with van der Waals surface area (Å²) in [5.74, 6) is 0.844. The number of nitrogens with zero attached hydrogens (tertiary/aromatic N) is 2. The molecule has 1 atom stereocenters. The third-order valence-electron chi connectivity index (χ3n) is 3.71. The van der Waals surface area contributed by atoms with Crippen molar-refractivity contribution in [3.8, 4) is 11.1 Å². The summed E-state index contributed by atoms with van der Waals surface area (Å²) >= 11 is 5.93. The number of hydrogen-bond acceptors (Lipinski definition) is 3. The SMILES string of the molecule is Cc1cncc(-c2ccc(NC(C)c3ccc(Cl)cc3)nc2)c1. The van der Waals surface area contributed by atoms with Crippen LogP contribution in [0.5, 0.6) is 0 Å². The molecule has 3 aromatic rings. The van der Waals surface area contributed by atoms with Gasteiger partial charge in [-0.2, -0.15) is 0 Å². The Balaban J connectivity index is 1.73. The van der Waals surface area contributed by atoms with Crippen LogP contribution in [0.2, 0.25) is 5.02 Å². The third kappa shape index (κ3) is 3.88. The predicted molar refractivity (Wildman–Crippen MR) is 95.7 cm³/mol. The van der Waals surface area contributed by atoms with Gasteiger partial charge in [0.05, 0.1) is 0 Å². The summed E-state index contributed by atoms with van der Waals surface area (Å²) in [6, 6.07) is 14.1. The van der Waals surface area contributed by atoms with Crippen LogP contribution in [0.4, 0.5) is 5.82 Å². The Kier molecular flexibility index (Phi) is 4.58. The molecular weight excluding hydrogens is 306 g/mol. The molecule has 4 heteroatoms. The number of pyridine rings is 2. The Bertz CT molecular complexity index is 782. The molecule has 0 amide bonds. The average Bonchev–Trinajstić information content (AvgIpc) is 2.56. The van der Waals surface area contributed by atoms with E-state index in [-0.39, 0.29) is 6.04 Å². The zero-order chi connectivity index (χ0) is 16.2. The summed E-state index contributed by atoms with van der Waals surface area (Å²) in [7, 11) is 0. The molecule has 2 aromatic heterocycles. The van der Waals surface area contributed by atoms with E-state index in [1.165, 1.54) is 5.56 Å². The van der Waals surface area contributed by atoms with Crippen molar-refractivity contribution in [3.63, 3.8) is 0 Å². The van der Waals surface area contributed by atoms with Crippen molar-refractivity contribution < 1.29 is 0 Å². The summed E-state index contributed by atoms with van der Waals surface area (Å²) in [4.78, 5) is 8.73. The molecule has 0 fully saturated rings. The minimum Gasteiger partial charge on any atom is -0.364 e. The molecule has 1 unspecified atom stereocenters. The summed E-state index contributed by atoms with van der Waals surface area (Å²) < 4.78 is 0. The van der Waals surface area contributed by atoms with Gasteiger partial charge in [-0.1, -0.05) is 23.7 Å². The fourth-order valence-electron chi connectivity index (χ4n) is 2.42. The lowest BCUT2D eigenvalue weighted by Gasteiger charge is -2.15. The second-order valence-electron chi connectivity index (χ2n) is 5.60. The number of nitrogens with one attached hydrogen (secondary N) is 1. The van der Waals surface area contributed by atoms with Crippen LogP contribution < -0.4 is 5.32 Å². The second kappa shape index (κ2) is 6.80. The maximum absolute atomic E-state index is 5.93. The van der Waals surface area contributed by atoms with Crippen molar-refractivity contribution in [1.29, 1.82) is 0 Å². The zero-order valence-corrected chi connectivity index (χ0v) is 13.9. The van der Waals surface area contributed by atoms with E-state index in [9.17, 15) is 0 Å². The molecule has 0 aliphatic heterocycles. The van der Waals surface area contributed by atoms with Gasteiger partial charge in [-0.05, 0) is 55.3 Å². The van der Waals surface area contributed by atoms with Crippen LogP contribution >= 0.6 is 11.6 Å². The highest BCUT2D eigenvalue weighted by Crippen LogP contribution is 2.23. The van der Waals surface area contributed by atoms with Crippen molar-refractivity contribution in [2.75, 3.05) is 5.32 Å². The van der Waals surface area contributed by atoms with Gasteiger partial charge in [0.2, 0.25) is 0 Å². The number of benzene rings is 1. The van der Waals surface area contributed by atoms with Crippen molar-refractivity contribution in [2.45, 2.75) is 19.9 Å². The summed E-state index contributed by atoms with van der Waals surface area (Å²) in [5.41, 5.74) is 4.45.